The molecule has 0 saturated heterocycles. The molecule has 0 spiro atoms. The van der Waals surface area contributed by atoms with Crippen LogP contribution in [0.4, 0.5) is 5.69 Å². The molecule has 27 heavy (non-hydrogen) atoms. The number of nitrogens with one attached hydrogen (secondary N) is 1. The summed E-state index contributed by atoms with van der Waals surface area (Å²) >= 11 is 3.05. The molecule has 0 radical (unpaired) electrons. The van der Waals surface area contributed by atoms with Crippen molar-refractivity contribution in [3.05, 3.63) is 57.7 Å². The highest BCUT2D eigenvalue weighted by Gasteiger charge is 2.19. The van der Waals surface area contributed by atoms with E-state index in [9.17, 15) is 9.59 Å². The van der Waals surface area contributed by atoms with E-state index in [1.54, 1.807) is 35.6 Å². The van der Waals surface area contributed by atoms with Gasteiger partial charge in [0.25, 0.3) is 5.91 Å². The molecular formula is C19H15N3O3S2. The zero-order chi connectivity index (χ0) is 19.2. The number of thiophene rings is 1. The first-order chi connectivity index (χ1) is 13.0. The first-order valence-electron chi connectivity index (χ1n) is 8.02. The lowest BCUT2D eigenvalue weighted by Crippen LogP contribution is -2.30. The maximum Gasteiger partial charge on any atom is 0.312 e. The molecule has 0 unspecified atom stereocenters. The number of amides is 1. The minimum absolute atomic E-state index is 0.00905. The van der Waals surface area contributed by atoms with E-state index in [4.69, 9.17) is 10.00 Å². The Kier molecular flexibility index (Phi) is 5.96. The van der Waals surface area contributed by atoms with Crippen LogP contribution < -0.4 is 5.32 Å². The number of benzene rings is 1. The fourth-order valence-electron chi connectivity index (χ4n) is 2.22. The Morgan fingerprint density at radius 1 is 1.26 bits per heavy atom. The molecule has 3 rings (SSSR count). The van der Waals surface area contributed by atoms with Crippen LogP contribution in [0.5, 0.6) is 0 Å². The second kappa shape index (κ2) is 8.58. The summed E-state index contributed by atoms with van der Waals surface area (Å²) < 4.78 is 5.20. The quantitative estimate of drug-likeness (QED) is 0.638. The van der Waals surface area contributed by atoms with Crippen molar-refractivity contribution < 1.29 is 14.3 Å². The number of nitriles is 1. The average Bonchev–Trinajstić information content (AvgIpc) is 3.33. The Morgan fingerprint density at radius 3 is 2.70 bits per heavy atom. The Labute approximate surface area is 164 Å². The number of hydrogen-bond donors (Lipinski definition) is 1. The van der Waals surface area contributed by atoms with Gasteiger partial charge in [0.1, 0.15) is 5.01 Å². The lowest BCUT2D eigenvalue weighted by molar-refractivity contribution is -0.152. The normalized spacial score (nSPS) is 11.4. The molecule has 136 valence electrons. The zero-order valence-corrected chi connectivity index (χ0v) is 16.0. The number of nitrogens with zero attached hydrogens (tertiary/aromatic N) is 2. The van der Waals surface area contributed by atoms with Gasteiger partial charge in [-0.3, -0.25) is 9.59 Å². The standard InChI is InChI=1S/C19H15N3O3S2/c1-12(18(24)21-15-4-2-13(9-20)3-5-15)25-17(23)8-16-11-27-19(22-16)14-6-7-26-10-14/h2-7,10-12H,8H2,1H3,(H,21,24)/t12-/m0/s1. The number of esters is 1. The number of carbonyl (C=O) groups is 2. The first kappa shape index (κ1) is 18.8. The summed E-state index contributed by atoms with van der Waals surface area (Å²) in [5.74, 6) is -0.954. The smallest absolute Gasteiger partial charge is 0.312 e. The van der Waals surface area contributed by atoms with Crippen LogP contribution in [0, 0.1) is 11.3 Å². The Hall–Kier alpha value is -3.02. The topological polar surface area (TPSA) is 92.1 Å². The molecule has 2 aromatic heterocycles. The summed E-state index contributed by atoms with van der Waals surface area (Å²) in [4.78, 5) is 28.7. The van der Waals surface area contributed by atoms with E-state index >= 15 is 0 Å². The SMILES string of the molecule is C[C@H](OC(=O)Cc1csc(-c2ccsc2)n1)C(=O)Nc1ccc(C#N)cc1. The molecule has 1 amide bonds. The molecule has 1 atom stereocenters. The number of carbonyl (C=O) groups excluding carboxylic acids is 2. The van der Waals surface area contributed by atoms with Gasteiger partial charge < -0.3 is 10.1 Å². The predicted molar refractivity (Wildman–Crippen MR) is 104 cm³/mol. The van der Waals surface area contributed by atoms with Crippen LogP contribution in [0.1, 0.15) is 18.2 Å². The van der Waals surface area contributed by atoms with Gasteiger partial charge in [0, 0.05) is 22.0 Å². The van der Waals surface area contributed by atoms with E-state index in [0.717, 1.165) is 10.6 Å². The van der Waals surface area contributed by atoms with Crippen LogP contribution in [-0.2, 0) is 20.7 Å². The van der Waals surface area contributed by atoms with Gasteiger partial charge in [0.15, 0.2) is 6.10 Å². The monoisotopic (exact) mass is 397 g/mol. The second-order valence-electron chi connectivity index (χ2n) is 5.64. The predicted octanol–water partition coefficient (Wildman–Crippen LogP) is 3.86. The number of thiazole rings is 1. The van der Waals surface area contributed by atoms with Gasteiger partial charge in [-0.25, -0.2) is 4.98 Å². The van der Waals surface area contributed by atoms with Crippen LogP contribution in [-0.4, -0.2) is 23.0 Å². The molecule has 1 aromatic carbocycles. The van der Waals surface area contributed by atoms with E-state index in [0.29, 0.717) is 16.9 Å². The first-order valence-corrected chi connectivity index (χ1v) is 9.85. The molecule has 0 fully saturated rings. The van der Waals surface area contributed by atoms with Crippen molar-refractivity contribution in [1.29, 1.82) is 5.26 Å². The fourth-order valence-corrected chi connectivity index (χ4v) is 3.75. The van der Waals surface area contributed by atoms with Crippen LogP contribution in [0.2, 0.25) is 0 Å². The number of anilines is 1. The molecule has 0 aliphatic heterocycles. The van der Waals surface area contributed by atoms with Crippen molar-refractivity contribution in [2.45, 2.75) is 19.4 Å². The van der Waals surface area contributed by atoms with Gasteiger partial charge in [0.2, 0.25) is 0 Å². The summed E-state index contributed by atoms with van der Waals surface area (Å²) in [6.07, 6.45) is -0.933. The summed E-state index contributed by atoms with van der Waals surface area (Å²) in [5, 5.41) is 18.1. The summed E-state index contributed by atoms with van der Waals surface area (Å²) in [5.41, 5.74) is 2.67. The highest BCUT2D eigenvalue weighted by Crippen LogP contribution is 2.25. The third-order valence-corrected chi connectivity index (χ3v) is 5.23. The van der Waals surface area contributed by atoms with Crippen molar-refractivity contribution in [2.24, 2.45) is 0 Å². The summed E-state index contributed by atoms with van der Waals surface area (Å²) in [6.45, 7) is 1.51. The molecule has 3 aromatic rings. The van der Waals surface area contributed by atoms with Crippen molar-refractivity contribution in [1.82, 2.24) is 4.98 Å². The lowest BCUT2D eigenvalue weighted by Gasteiger charge is -2.13. The van der Waals surface area contributed by atoms with E-state index in [-0.39, 0.29) is 6.42 Å². The average molecular weight is 397 g/mol. The van der Waals surface area contributed by atoms with Crippen molar-refractivity contribution in [2.75, 3.05) is 5.32 Å². The minimum atomic E-state index is -0.942. The van der Waals surface area contributed by atoms with E-state index in [2.05, 4.69) is 10.3 Å². The molecule has 6 nitrogen and oxygen atoms in total. The van der Waals surface area contributed by atoms with Crippen LogP contribution in [0.15, 0.2) is 46.5 Å². The van der Waals surface area contributed by atoms with Gasteiger partial charge in [-0.05, 0) is 42.6 Å². The number of rotatable bonds is 6. The van der Waals surface area contributed by atoms with Gasteiger partial charge in [-0.2, -0.15) is 16.6 Å². The number of aromatic nitrogens is 1. The highest BCUT2D eigenvalue weighted by atomic mass is 32.1. The maximum absolute atomic E-state index is 12.1. The Balaban J connectivity index is 1.52. The summed E-state index contributed by atoms with van der Waals surface area (Å²) in [7, 11) is 0. The molecule has 0 aliphatic rings. The Bertz CT molecular complexity index is 973. The van der Waals surface area contributed by atoms with Crippen molar-refractivity contribution >= 4 is 40.2 Å². The third-order valence-electron chi connectivity index (χ3n) is 3.60. The van der Waals surface area contributed by atoms with E-state index < -0.39 is 18.0 Å². The van der Waals surface area contributed by atoms with Crippen molar-refractivity contribution in [3.63, 3.8) is 0 Å². The van der Waals surface area contributed by atoms with Gasteiger partial charge in [-0.1, -0.05) is 0 Å². The Morgan fingerprint density at radius 2 is 2.04 bits per heavy atom. The van der Waals surface area contributed by atoms with Crippen molar-refractivity contribution in [3.8, 4) is 16.6 Å². The molecule has 8 heteroatoms. The van der Waals surface area contributed by atoms with Gasteiger partial charge in [-0.15, -0.1) is 11.3 Å². The maximum atomic E-state index is 12.1. The largest absolute Gasteiger partial charge is 0.452 e. The molecule has 2 heterocycles. The molecule has 0 saturated carbocycles. The third kappa shape index (κ3) is 5.00. The van der Waals surface area contributed by atoms with E-state index in [1.165, 1.54) is 18.3 Å². The van der Waals surface area contributed by atoms with Crippen LogP contribution in [0.25, 0.3) is 10.6 Å². The molecule has 0 aliphatic carbocycles. The van der Waals surface area contributed by atoms with Crippen LogP contribution in [0.3, 0.4) is 0 Å². The molecule has 1 N–H and O–H groups in total. The van der Waals surface area contributed by atoms with Gasteiger partial charge >= 0.3 is 5.97 Å². The number of hydrogen-bond acceptors (Lipinski definition) is 7. The lowest BCUT2D eigenvalue weighted by atomic mass is 10.2. The van der Waals surface area contributed by atoms with Gasteiger partial charge in [0.05, 0.1) is 23.7 Å². The zero-order valence-electron chi connectivity index (χ0n) is 14.3. The highest BCUT2D eigenvalue weighted by molar-refractivity contribution is 7.14. The number of ether oxygens (including phenoxy) is 1. The van der Waals surface area contributed by atoms with E-state index in [1.807, 2.05) is 28.3 Å². The fraction of sp³-hybridized carbons (Fsp3) is 0.158. The second-order valence-corrected chi connectivity index (χ2v) is 7.28. The van der Waals surface area contributed by atoms with Crippen LogP contribution >= 0.6 is 22.7 Å². The minimum Gasteiger partial charge on any atom is -0.452 e. The summed E-state index contributed by atoms with van der Waals surface area (Å²) in [6, 6.07) is 10.4. The molecule has 0 bridgehead atoms. The molecular weight excluding hydrogens is 382 g/mol.